The lowest BCUT2D eigenvalue weighted by Crippen LogP contribution is -2.44. The maximum absolute atomic E-state index is 12.0. The normalized spacial score (nSPS) is 13.1. The monoisotopic (exact) mass is 252 g/mol. The summed E-state index contributed by atoms with van der Waals surface area (Å²) in [5, 5.41) is 21.4. The Hall–Kier alpha value is -1.62. The van der Waals surface area contributed by atoms with Crippen LogP contribution in [0, 0.1) is 5.41 Å². The van der Waals surface area contributed by atoms with Crippen molar-refractivity contribution in [3.63, 3.8) is 0 Å². The van der Waals surface area contributed by atoms with Crippen molar-refractivity contribution in [1.29, 1.82) is 0 Å². The molecule has 1 unspecified atom stereocenters. The van der Waals surface area contributed by atoms with E-state index in [0.29, 0.717) is 6.42 Å². The van der Waals surface area contributed by atoms with Crippen LogP contribution < -0.4 is 5.32 Å². The van der Waals surface area contributed by atoms with Crippen LogP contribution in [-0.4, -0.2) is 33.8 Å². The molecule has 1 atom stereocenters. The molecule has 0 bridgehead atoms. The van der Waals surface area contributed by atoms with Crippen molar-refractivity contribution in [3.8, 4) is 5.75 Å². The number of hydrogen-bond donors (Lipinski definition) is 3. The number of rotatable bonds is 4. The van der Waals surface area contributed by atoms with E-state index < -0.39 is 5.91 Å². The Balaban J connectivity index is 2.82. The maximum Gasteiger partial charge on any atom is 0.273 e. The number of aromatic hydroxyl groups is 1. The lowest BCUT2D eigenvalue weighted by molar-refractivity contribution is 0.0877. The van der Waals surface area contributed by atoms with Crippen LogP contribution in [0.15, 0.2) is 18.3 Å². The van der Waals surface area contributed by atoms with E-state index in [9.17, 15) is 9.90 Å². The second-order valence-electron chi connectivity index (χ2n) is 5.28. The lowest BCUT2D eigenvalue weighted by atomic mass is 9.85. The topological polar surface area (TPSA) is 82.5 Å². The van der Waals surface area contributed by atoms with Gasteiger partial charge in [-0.05, 0) is 24.0 Å². The molecule has 5 heteroatoms. The molecule has 0 aromatic carbocycles. The SMILES string of the molecule is CC(C)(C)C(CCO)NC(=O)c1ncccc1O. The molecule has 0 radical (unpaired) electrons. The molecular weight excluding hydrogens is 232 g/mol. The van der Waals surface area contributed by atoms with E-state index >= 15 is 0 Å². The summed E-state index contributed by atoms with van der Waals surface area (Å²) in [7, 11) is 0. The summed E-state index contributed by atoms with van der Waals surface area (Å²) >= 11 is 0. The smallest absolute Gasteiger partial charge is 0.273 e. The fourth-order valence-corrected chi connectivity index (χ4v) is 1.65. The number of hydrogen-bond acceptors (Lipinski definition) is 4. The van der Waals surface area contributed by atoms with Gasteiger partial charge in [0.2, 0.25) is 0 Å². The molecule has 18 heavy (non-hydrogen) atoms. The molecule has 0 aliphatic heterocycles. The fraction of sp³-hybridized carbons (Fsp3) is 0.538. The zero-order valence-electron chi connectivity index (χ0n) is 11.0. The molecule has 5 nitrogen and oxygen atoms in total. The van der Waals surface area contributed by atoms with Gasteiger partial charge in [-0.15, -0.1) is 0 Å². The van der Waals surface area contributed by atoms with Gasteiger partial charge in [-0.2, -0.15) is 0 Å². The Labute approximate surface area is 107 Å². The molecule has 0 fully saturated rings. The lowest BCUT2D eigenvalue weighted by Gasteiger charge is -2.31. The molecule has 1 aromatic rings. The van der Waals surface area contributed by atoms with Gasteiger partial charge in [-0.3, -0.25) is 4.79 Å². The molecule has 1 rings (SSSR count). The molecule has 0 saturated heterocycles. The van der Waals surface area contributed by atoms with E-state index in [1.165, 1.54) is 12.3 Å². The highest BCUT2D eigenvalue weighted by atomic mass is 16.3. The quantitative estimate of drug-likeness (QED) is 0.754. The van der Waals surface area contributed by atoms with Crippen LogP contribution in [0.3, 0.4) is 0 Å². The van der Waals surface area contributed by atoms with Crippen LogP contribution in [0.4, 0.5) is 0 Å². The van der Waals surface area contributed by atoms with Gasteiger partial charge in [0.05, 0.1) is 0 Å². The summed E-state index contributed by atoms with van der Waals surface area (Å²) < 4.78 is 0. The molecule has 1 amide bonds. The largest absolute Gasteiger partial charge is 0.505 e. The maximum atomic E-state index is 12.0. The van der Waals surface area contributed by atoms with Gasteiger partial charge in [0.1, 0.15) is 5.75 Å². The van der Waals surface area contributed by atoms with Crippen molar-refractivity contribution < 1.29 is 15.0 Å². The minimum absolute atomic E-state index is 0.00355. The zero-order valence-corrected chi connectivity index (χ0v) is 11.0. The minimum Gasteiger partial charge on any atom is -0.505 e. The second kappa shape index (κ2) is 5.82. The molecule has 0 spiro atoms. The summed E-state index contributed by atoms with van der Waals surface area (Å²) in [6.07, 6.45) is 1.91. The Bertz CT molecular complexity index is 413. The van der Waals surface area contributed by atoms with Gasteiger partial charge in [-0.1, -0.05) is 20.8 Å². The average molecular weight is 252 g/mol. The van der Waals surface area contributed by atoms with Crippen molar-refractivity contribution in [1.82, 2.24) is 10.3 Å². The van der Waals surface area contributed by atoms with Crippen LogP contribution in [0.1, 0.15) is 37.7 Å². The van der Waals surface area contributed by atoms with Crippen LogP contribution in [0.2, 0.25) is 0 Å². The second-order valence-corrected chi connectivity index (χ2v) is 5.28. The van der Waals surface area contributed by atoms with E-state index in [0.717, 1.165) is 0 Å². The van der Waals surface area contributed by atoms with E-state index in [4.69, 9.17) is 5.11 Å². The Morgan fingerprint density at radius 2 is 2.17 bits per heavy atom. The van der Waals surface area contributed by atoms with Gasteiger partial charge in [0.15, 0.2) is 5.69 Å². The first-order chi connectivity index (χ1) is 8.36. The third kappa shape index (κ3) is 3.70. The summed E-state index contributed by atoms with van der Waals surface area (Å²) in [5.74, 6) is -0.576. The number of aliphatic hydroxyl groups is 1. The van der Waals surface area contributed by atoms with Crippen molar-refractivity contribution in [3.05, 3.63) is 24.0 Å². The first kappa shape index (κ1) is 14.4. The number of nitrogens with one attached hydrogen (secondary N) is 1. The molecule has 0 aliphatic carbocycles. The van der Waals surface area contributed by atoms with Gasteiger partial charge >= 0.3 is 0 Å². The highest BCUT2D eigenvalue weighted by molar-refractivity contribution is 5.94. The average Bonchev–Trinajstić information content (AvgIpc) is 2.27. The number of pyridine rings is 1. The molecule has 0 saturated carbocycles. The third-order valence-corrected chi connectivity index (χ3v) is 2.77. The third-order valence-electron chi connectivity index (χ3n) is 2.77. The van der Waals surface area contributed by atoms with Gasteiger partial charge in [-0.25, -0.2) is 4.98 Å². The Morgan fingerprint density at radius 3 is 2.67 bits per heavy atom. The number of carbonyl (C=O) groups excluding carboxylic acids is 1. The van der Waals surface area contributed by atoms with Crippen molar-refractivity contribution >= 4 is 5.91 Å². The molecule has 1 aromatic heterocycles. The minimum atomic E-state index is -0.429. The van der Waals surface area contributed by atoms with E-state index in [1.54, 1.807) is 6.07 Å². The number of aliphatic hydroxyl groups excluding tert-OH is 1. The van der Waals surface area contributed by atoms with Crippen LogP contribution >= 0.6 is 0 Å². The summed E-state index contributed by atoms with van der Waals surface area (Å²) in [6.45, 7) is 5.93. The van der Waals surface area contributed by atoms with Crippen molar-refractivity contribution in [2.24, 2.45) is 5.41 Å². The summed E-state index contributed by atoms with van der Waals surface area (Å²) in [5.41, 5.74) is -0.173. The number of amides is 1. The number of aromatic nitrogens is 1. The first-order valence-corrected chi connectivity index (χ1v) is 5.92. The van der Waals surface area contributed by atoms with Crippen molar-refractivity contribution in [2.75, 3.05) is 6.61 Å². The van der Waals surface area contributed by atoms with Gasteiger partial charge < -0.3 is 15.5 Å². The van der Waals surface area contributed by atoms with Crippen molar-refractivity contribution in [2.45, 2.75) is 33.2 Å². The van der Waals surface area contributed by atoms with Gasteiger partial charge in [0.25, 0.3) is 5.91 Å². The molecule has 3 N–H and O–H groups in total. The van der Waals surface area contributed by atoms with Gasteiger partial charge in [0, 0.05) is 18.8 Å². The van der Waals surface area contributed by atoms with Crippen LogP contribution in [0.5, 0.6) is 5.75 Å². The zero-order chi connectivity index (χ0) is 13.8. The standard InChI is InChI=1S/C13H20N2O3/c1-13(2,3)10(6-8-16)15-12(18)11-9(17)5-4-7-14-11/h4-5,7,10,16-17H,6,8H2,1-3H3,(H,15,18). The van der Waals surface area contributed by atoms with E-state index in [1.807, 2.05) is 20.8 Å². The highest BCUT2D eigenvalue weighted by Crippen LogP contribution is 2.22. The molecule has 1 heterocycles. The molecule has 0 aliphatic rings. The van der Waals surface area contributed by atoms with E-state index in [2.05, 4.69) is 10.3 Å². The highest BCUT2D eigenvalue weighted by Gasteiger charge is 2.27. The summed E-state index contributed by atoms with van der Waals surface area (Å²) in [6, 6.07) is 2.79. The summed E-state index contributed by atoms with van der Waals surface area (Å²) in [4.78, 5) is 15.8. The first-order valence-electron chi connectivity index (χ1n) is 5.92. The molecular formula is C13H20N2O3. The number of nitrogens with zero attached hydrogens (tertiary/aromatic N) is 1. The van der Waals surface area contributed by atoms with Crippen LogP contribution in [0.25, 0.3) is 0 Å². The number of carbonyl (C=O) groups is 1. The predicted octanol–water partition coefficient (Wildman–Crippen LogP) is 1.31. The molecule has 100 valence electrons. The fourth-order valence-electron chi connectivity index (χ4n) is 1.65. The Morgan fingerprint density at radius 1 is 1.50 bits per heavy atom. The Kier molecular flexibility index (Phi) is 4.67. The predicted molar refractivity (Wildman–Crippen MR) is 68.3 cm³/mol. The van der Waals surface area contributed by atoms with Crippen LogP contribution in [-0.2, 0) is 0 Å². The van der Waals surface area contributed by atoms with E-state index in [-0.39, 0.29) is 29.5 Å².